The Hall–Kier alpha value is -1.79. The Morgan fingerprint density at radius 2 is 1.88 bits per heavy atom. The van der Waals surface area contributed by atoms with Crippen LogP contribution in [0.2, 0.25) is 0 Å². The van der Waals surface area contributed by atoms with E-state index in [0.717, 1.165) is 55.6 Å². The molecular weight excluding hydrogens is 465 g/mol. The number of piperazine rings is 1. The molecular formula is C22H28FN5O3S2. The van der Waals surface area contributed by atoms with Gasteiger partial charge in [-0.1, -0.05) is 12.1 Å². The van der Waals surface area contributed by atoms with E-state index in [1.807, 2.05) is 17.8 Å². The minimum Gasteiger partial charge on any atom is -0.378 e. The van der Waals surface area contributed by atoms with E-state index in [0.29, 0.717) is 42.9 Å². The molecule has 2 aromatic rings. The van der Waals surface area contributed by atoms with E-state index in [4.69, 9.17) is 14.7 Å². The third-order valence-corrected chi connectivity index (χ3v) is 8.89. The van der Waals surface area contributed by atoms with Crippen molar-refractivity contribution in [2.24, 2.45) is 0 Å². The van der Waals surface area contributed by atoms with Crippen LogP contribution in [-0.2, 0) is 21.2 Å². The second-order valence-electron chi connectivity index (χ2n) is 8.66. The number of sulfonamides is 1. The van der Waals surface area contributed by atoms with Gasteiger partial charge < -0.3 is 9.64 Å². The molecule has 3 aliphatic rings. The third-order valence-electron chi connectivity index (χ3n) is 6.28. The Kier molecular flexibility index (Phi) is 6.58. The number of hydrogen-bond donors (Lipinski definition) is 0. The Morgan fingerprint density at radius 3 is 2.58 bits per heavy atom. The van der Waals surface area contributed by atoms with Gasteiger partial charge >= 0.3 is 0 Å². The number of rotatable bonds is 5. The average molecular weight is 494 g/mol. The number of nitrogens with zero attached hydrogens (tertiary/aromatic N) is 5. The molecule has 0 N–H and O–H groups in total. The molecule has 5 rings (SSSR count). The maximum atomic E-state index is 13.9. The fraction of sp³-hybridized carbons (Fsp3) is 0.545. The van der Waals surface area contributed by atoms with Crippen molar-refractivity contribution in [1.82, 2.24) is 19.2 Å². The lowest BCUT2D eigenvalue weighted by atomic mass is 10.1. The number of benzene rings is 1. The van der Waals surface area contributed by atoms with Crippen LogP contribution in [0.25, 0.3) is 11.4 Å². The Labute approximate surface area is 198 Å². The Balaban J connectivity index is 1.36. The first-order valence-corrected chi connectivity index (χ1v) is 13.9. The Morgan fingerprint density at radius 1 is 1.12 bits per heavy atom. The van der Waals surface area contributed by atoms with Gasteiger partial charge in [0.1, 0.15) is 11.6 Å². The topological polar surface area (TPSA) is 78.9 Å². The summed E-state index contributed by atoms with van der Waals surface area (Å²) in [5.74, 6) is 1.17. The van der Waals surface area contributed by atoms with E-state index in [1.54, 1.807) is 10.4 Å². The second kappa shape index (κ2) is 9.46. The van der Waals surface area contributed by atoms with E-state index in [1.165, 1.54) is 18.4 Å². The lowest BCUT2D eigenvalue weighted by molar-refractivity contribution is 0.122. The van der Waals surface area contributed by atoms with Crippen molar-refractivity contribution >= 4 is 27.6 Å². The summed E-state index contributed by atoms with van der Waals surface area (Å²) < 4.78 is 44.5. The number of aromatic nitrogens is 2. The predicted octanol–water partition coefficient (Wildman–Crippen LogP) is 1.71. The van der Waals surface area contributed by atoms with Gasteiger partial charge in [0, 0.05) is 63.0 Å². The van der Waals surface area contributed by atoms with Crippen LogP contribution in [0.3, 0.4) is 0 Å². The van der Waals surface area contributed by atoms with E-state index < -0.39 is 10.0 Å². The number of halogens is 1. The SMILES string of the molecule is CS(=O)(=O)N1CCN(CC2Cc3nc(-c4cccc(F)c4)nc(N4CCOCC4)c3S2)CC1. The van der Waals surface area contributed by atoms with Crippen molar-refractivity contribution in [3.05, 3.63) is 35.8 Å². The van der Waals surface area contributed by atoms with Crippen molar-refractivity contribution in [2.75, 3.05) is 70.2 Å². The maximum Gasteiger partial charge on any atom is 0.211 e. The van der Waals surface area contributed by atoms with Gasteiger partial charge in [-0.3, -0.25) is 4.90 Å². The molecule has 3 aliphatic heterocycles. The second-order valence-corrected chi connectivity index (χ2v) is 12.0. The largest absolute Gasteiger partial charge is 0.378 e. The van der Waals surface area contributed by atoms with Crippen LogP contribution in [0, 0.1) is 5.82 Å². The van der Waals surface area contributed by atoms with Crippen molar-refractivity contribution in [1.29, 1.82) is 0 Å². The highest BCUT2D eigenvalue weighted by molar-refractivity contribution is 8.00. The van der Waals surface area contributed by atoms with Crippen LogP contribution in [0.5, 0.6) is 0 Å². The molecule has 1 atom stereocenters. The molecule has 0 amide bonds. The van der Waals surface area contributed by atoms with Gasteiger partial charge in [0.2, 0.25) is 10.0 Å². The van der Waals surface area contributed by atoms with Crippen LogP contribution in [-0.4, -0.2) is 98.1 Å². The maximum absolute atomic E-state index is 13.9. The molecule has 33 heavy (non-hydrogen) atoms. The number of fused-ring (bicyclic) bond motifs is 1. The van der Waals surface area contributed by atoms with E-state index in [2.05, 4.69) is 9.80 Å². The molecule has 1 aromatic heterocycles. The molecule has 0 spiro atoms. The fourth-order valence-electron chi connectivity index (χ4n) is 4.55. The third kappa shape index (κ3) is 5.17. The lowest BCUT2D eigenvalue weighted by Gasteiger charge is -2.34. The molecule has 1 aromatic carbocycles. The van der Waals surface area contributed by atoms with Gasteiger partial charge in [0.05, 0.1) is 30.1 Å². The van der Waals surface area contributed by atoms with E-state index in [9.17, 15) is 12.8 Å². The first-order valence-electron chi connectivity index (χ1n) is 11.2. The monoisotopic (exact) mass is 493 g/mol. The quantitative estimate of drug-likeness (QED) is 0.623. The molecule has 11 heteroatoms. The summed E-state index contributed by atoms with van der Waals surface area (Å²) in [7, 11) is -3.13. The zero-order valence-electron chi connectivity index (χ0n) is 18.6. The standard InChI is InChI=1S/C22H28FN5O3S2/c1-33(29,30)28-7-5-26(6-8-28)15-18-14-19-20(32-18)22(27-9-11-31-12-10-27)25-21(24-19)16-3-2-4-17(23)13-16/h2-4,13,18H,5-12,14-15H2,1H3. The summed E-state index contributed by atoms with van der Waals surface area (Å²) in [4.78, 5) is 15.4. The minimum atomic E-state index is -3.13. The molecule has 0 radical (unpaired) electrons. The summed E-state index contributed by atoms with van der Waals surface area (Å²) >= 11 is 1.81. The number of thioether (sulfide) groups is 1. The zero-order valence-corrected chi connectivity index (χ0v) is 20.2. The number of ether oxygens (including phenoxy) is 1. The highest BCUT2D eigenvalue weighted by Gasteiger charge is 2.33. The molecule has 178 valence electrons. The minimum absolute atomic E-state index is 0.301. The summed E-state index contributed by atoms with van der Waals surface area (Å²) in [6, 6.07) is 6.43. The van der Waals surface area contributed by atoms with Gasteiger partial charge in [-0.05, 0) is 12.1 Å². The molecule has 8 nitrogen and oxygen atoms in total. The van der Waals surface area contributed by atoms with Crippen LogP contribution in [0.1, 0.15) is 5.69 Å². The molecule has 0 bridgehead atoms. The van der Waals surface area contributed by atoms with Gasteiger partial charge in [0.15, 0.2) is 5.82 Å². The first kappa shape index (κ1) is 23.0. The first-order chi connectivity index (χ1) is 15.9. The van der Waals surface area contributed by atoms with Crippen LogP contribution >= 0.6 is 11.8 Å². The van der Waals surface area contributed by atoms with Crippen LogP contribution in [0.15, 0.2) is 29.2 Å². The normalized spacial score (nSPS) is 22.5. The number of anilines is 1. The van der Waals surface area contributed by atoms with Crippen molar-refractivity contribution in [2.45, 2.75) is 16.6 Å². The number of hydrogen-bond acceptors (Lipinski definition) is 8. The van der Waals surface area contributed by atoms with Crippen molar-refractivity contribution < 1.29 is 17.5 Å². The summed E-state index contributed by atoms with van der Waals surface area (Å²) in [6.07, 6.45) is 2.09. The van der Waals surface area contributed by atoms with E-state index >= 15 is 0 Å². The fourth-order valence-corrected chi connectivity index (χ4v) is 6.78. The van der Waals surface area contributed by atoms with Gasteiger partial charge in [-0.15, -0.1) is 11.8 Å². The summed E-state index contributed by atoms with van der Waals surface area (Å²) in [5, 5.41) is 0.321. The van der Waals surface area contributed by atoms with Gasteiger partial charge in [0.25, 0.3) is 0 Å². The molecule has 0 saturated carbocycles. The average Bonchev–Trinajstić information content (AvgIpc) is 3.21. The van der Waals surface area contributed by atoms with Gasteiger partial charge in [-0.2, -0.15) is 4.31 Å². The summed E-state index contributed by atoms with van der Waals surface area (Å²) in [5.41, 5.74) is 1.69. The molecule has 2 fully saturated rings. The van der Waals surface area contributed by atoms with Crippen LogP contribution in [0.4, 0.5) is 10.2 Å². The van der Waals surface area contributed by atoms with E-state index in [-0.39, 0.29) is 5.82 Å². The Bertz CT molecular complexity index is 1120. The van der Waals surface area contributed by atoms with Crippen molar-refractivity contribution in [3.63, 3.8) is 0 Å². The number of morpholine rings is 1. The summed E-state index contributed by atoms with van der Waals surface area (Å²) in [6.45, 7) is 6.26. The smallest absolute Gasteiger partial charge is 0.211 e. The zero-order chi connectivity index (χ0) is 23.0. The molecule has 2 saturated heterocycles. The lowest BCUT2D eigenvalue weighted by Crippen LogP contribution is -2.49. The highest BCUT2D eigenvalue weighted by atomic mass is 32.2. The van der Waals surface area contributed by atoms with Gasteiger partial charge in [-0.25, -0.2) is 22.8 Å². The van der Waals surface area contributed by atoms with Crippen LogP contribution < -0.4 is 4.90 Å². The van der Waals surface area contributed by atoms with Crippen molar-refractivity contribution in [3.8, 4) is 11.4 Å². The highest BCUT2D eigenvalue weighted by Crippen LogP contribution is 2.43. The molecule has 0 aliphatic carbocycles. The molecule has 4 heterocycles. The molecule has 1 unspecified atom stereocenters. The predicted molar refractivity (Wildman–Crippen MR) is 127 cm³/mol.